The number of amides is 2. The molecule has 2 rings (SSSR count). The normalized spacial score (nSPS) is 18.0. The summed E-state index contributed by atoms with van der Waals surface area (Å²) in [6.45, 7) is 0.607. The number of nitrogens with one attached hydrogen (secondary N) is 1. The number of methoxy groups -OCH3 is 1. The van der Waals surface area contributed by atoms with Crippen LogP contribution in [0.1, 0.15) is 23.5 Å². The second-order valence-corrected chi connectivity index (χ2v) is 6.30. The molecule has 0 spiro atoms. The molecule has 1 aromatic heterocycles. The van der Waals surface area contributed by atoms with Crippen molar-refractivity contribution in [3.8, 4) is 0 Å². The first kappa shape index (κ1) is 18.7. The molecule has 1 unspecified atom stereocenters. The van der Waals surface area contributed by atoms with E-state index in [1.807, 2.05) is 5.38 Å². The lowest BCUT2D eigenvalue weighted by Crippen LogP contribution is -2.50. The average Bonchev–Trinajstić information content (AvgIpc) is 3.15. The topological polar surface area (TPSA) is 71.5 Å². The molecule has 0 aliphatic carbocycles. The van der Waals surface area contributed by atoms with Gasteiger partial charge in [-0.05, 0) is 12.8 Å². The third-order valence-electron chi connectivity index (χ3n) is 3.61. The zero-order chi connectivity index (χ0) is 17.7. The van der Waals surface area contributed by atoms with Crippen LogP contribution >= 0.6 is 11.3 Å². The van der Waals surface area contributed by atoms with E-state index in [0.29, 0.717) is 24.3 Å². The first-order valence-corrected chi connectivity index (χ1v) is 8.28. The van der Waals surface area contributed by atoms with Gasteiger partial charge in [-0.3, -0.25) is 9.59 Å². The van der Waals surface area contributed by atoms with Crippen molar-refractivity contribution in [2.75, 3.05) is 20.2 Å². The van der Waals surface area contributed by atoms with Crippen LogP contribution < -0.4 is 5.32 Å². The predicted octanol–water partition coefficient (Wildman–Crippen LogP) is 1.50. The maximum absolute atomic E-state index is 12.5. The Morgan fingerprint density at radius 1 is 1.50 bits per heavy atom. The van der Waals surface area contributed by atoms with Crippen LogP contribution in [0.3, 0.4) is 0 Å². The largest absolute Gasteiger partial charge is 0.471 e. The van der Waals surface area contributed by atoms with Crippen LogP contribution in [0.5, 0.6) is 0 Å². The van der Waals surface area contributed by atoms with Gasteiger partial charge in [0.1, 0.15) is 11.0 Å². The Hall–Kier alpha value is -1.68. The Labute approximate surface area is 141 Å². The van der Waals surface area contributed by atoms with Crippen molar-refractivity contribution < 1.29 is 27.5 Å². The summed E-state index contributed by atoms with van der Waals surface area (Å²) in [5, 5.41) is 5.24. The minimum atomic E-state index is -4.96. The van der Waals surface area contributed by atoms with E-state index >= 15 is 0 Å². The summed E-state index contributed by atoms with van der Waals surface area (Å²) in [6, 6.07) is -1.06. The van der Waals surface area contributed by atoms with Gasteiger partial charge in [-0.1, -0.05) is 0 Å². The number of ether oxygens (including phenoxy) is 1. The average molecular weight is 365 g/mol. The highest BCUT2D eigenvalue weighted by Gasteiger charge is 2.47. The summed E-state index contributed by atoms with van der Waals surface area (Å²) in [6.07, 6.45) is -3.87. The number of rotatable bonds is 6. The van der Waals surface area contributed by atoms with Gasteiger partial charge in [-0.2, -0.15) is 13.2 Å². The molecule has 0 saturated carbocycles. The number of carbonyl (C=O) groups is 2. The zero-order valence-electron chi connectivity index (χ0n) is 13.1. The van der Waals surface area contributed by atoms with Gasteiger partial charge >= 0.3 is 12.1 Å². The molecule has 1 aliphatic rings. The van der Waals surface area contributed by atoms with E-state index in [0.717, 1.165) is 10.7 Å². The summed E-state index contributed by atoms with van der Waals surface area (Å²) in [7, 11) is 1.57. The van der Waals surface area contributed by atoms with E-state index in [-0.39, 0.29) is 19.5 Å². The molecule has 2 amide bonds. The highest BCUT2D eigenvalue weighted by Crippen LogP contribution is 2.25. The summed E-state index contributed by atoms with van der Waals surface area (Å²) >= 11 is 1.44. The lowest BCUT2D eigenvalue weighted by atomic mass is 10.2. The molecular formula is C14H18F3N3O3S. The molecule has 1 aromatic rings. The Balaban J connectivity index is 1.84. The third-order valence-corrected chi connectivity index (χ3v) is 4.48. The number of thiazole rings is 1. The van der Waals surface area contributed by atoms with Gasteiger partial charge in [0.05, 0.1) is 12.3 Å². The lowest BCUT2D eigenvalue weighted by Gasteiger charge is -2.24. The van der Waals surface area contributed by atoms with Crippen molar-refractivity contribution in [2.24, 2.45) is 0 Å². The summed E-state index contributed by atoms with van der Waals surface area (Å²) in [4.78, 5) is 28.3. The Bertz CT molecular complexity index is 591. The molecule has 24 heavy (non-hydrogen) atoms. The smallest absolute Gasteiger partial charge is 0.378 e. The van der Waals surface area contributed by atoms with Crippen molar-refractivity contribution in [3.63, 3.8) is 0 Å². The molecule has 1 N–H and O–H groups in total. The molecule has 6 nitrogen and oxygen atoms in total. The Morgan fingerprint density at radius 2 is 2.25 bits per heavy atom. The number of aromatic nitrogens is 1. The van der Waals surface area contributed by atoms with Gasteiger partial charge in [0.15, 0.2) is 0 Å². The number of likely N-dealkylation sites (tertiary alicyclic amines) is 1. The zero-order valence-corrected chi connectivity index (χ0v) is 13.9. The van der Waals surface area contributed by atoms with Crippen LogP contribution in [0.25, 0.3) is 0 Å². The van der Waals surface area contributed by atoms with Crippen LogP contribution in [0.15, 0.2) is 5.38 Å². The standard InChI is InChI=1S/C14H18F3N3O3S/c1-23-7-11-19-9(8-24-11)4-5-18-12(21)10-3-2-6-20(10)13(22)14(15,16)17/h8,10H,2-7H2,1H3,(H,18,21). The van der Waals surface area contributed by atoms with E-state index in [9.17, 15) is 22.8 Å². The number of alkyl halides is 3. The molecule has 0 aromatic carbocycles. The molecule has 0 bridgehead atoms. The second-order valence-electron chi connectivity index (χ2n) is 5.36. The third kappa shape index (κ3) is 4.67. The van der Waals surface area contributed by atoms with Crippen molar-refractivity contribution in [3.05, 3.63) is 16.1 Å². The van der Waals surface area contributed by atoms with E-state index in [2.05, 4.69) is 10.3 Å². The monoisotopic (exact) mass is 365 g/mol. The fourth-order valence-electron chi connectivity index (χ4n) is 2.53. The van der Waals surface area contributed by atoms with Gasteiger partial charge < -0.3 is 15.0 Å². The Morgan fingerprint density at radius 3 is 2.92 bits per heavy atom. The van der Waals surface area contributed by atoms with Crippen LogP contribution in [0.4, 0.5) is 13.2 Å². The van der Waals surface area contributed by atoms with Crippen molar-refractivity contribution in [1.82, 2.24) is 15.2 Å². The number of carbonyl (C=O) groups excluding carboxylic acids is 2. The van der Waals surface area contributed by atoms with Gasteiger partial charge in [0.2, 0.25) is 5.91 Å². The SMILES string of the molecule is COCc1nc(CCNC(=O)C2CCCN2C(=O)C(F)(F)F)cs1. The van der Waals surface area contributed by atoms with Gasteiger partial charge in [0.25, 0.3) is 0 Å². The molecule has 1 atom stereocenters. The molecule has 0 radical (unpaired) electrons. The highest BCUT2D eigenvalue weighted by molar-refractivity contribution is 7.09. The van der Waals surface area contributed by atoms with E-state index < -0.39 is 24.0 Å². The molecule has 1 saturated heterocycles. The van der Waals surface area contributed by atoms with Crippen LogP contribution in [0, 0.1) is 0 Å². The number of hydrogen-bond acceptors (Lipinski definition) is 5. The fourth-order valence-corrected chi connectivity index (χ4v) is 3.33. The van der Waals surface area contributed by atoms with Crippen molar-refractivity contribution in [2.45, 2.75) is 38.1 Å². The van der Waals surface area contributed by atoms with Crippen LogP contribution in [0.2, 0.25) is 0 Å². The first-order valence-electron chi connectivity index (χ1n) is 7.40. The maximum Gasteiger partial charge on any atom is 0.471 e. The van der Waals surface area contributed by atoms with Crippen LogP contribution in [-0.2, 0) is 27.4 Å². The predicted molar refractivity (Wildman–Crippen MR) is 80.3 cm³/mol. The summed E-state index contributed by atoms with van der Waals surface area (Å²) in [5.41, 5.74) is 0.780. The van der Waals surface area contributed by atoms with Crippen LogP contribution in [-0.4, -0.2) is 54.1 Å². The highest BCUT2D eigenvalue weighted by atomic mass is 32.1. The van der Waals surface area contributed by atoms with Gasteiger partial charge in [0, 0.05) is 32.0 Å². The minimum absolute atomic E-state index is 0.0527. The Kier molecular flexibility index (Phi) is 6.16. The van der Waals surface area contributed by atoms with Crippen molar-refractivity contribution in [1.29, 1.82) is 0 Å². The second kappa shape index (κ2) is 7.93. The molecule has 10 heteroatoms. The van der Waals surface area contributed by atoms with E-state index in [1.165, 1.54) is 11.3 Å². The maximum atomic E-state index is 12.5. The molecule has 1 aliphatic heterocycles. The van der Waals surface area contributed by atoms with Crippen molar-refractivity contribution >= 4 is 23.2 Å². The first-order chi connectivity index (χ1) is 11.3. The molecular weight excluding hydrogens is 347 g/mol. The minimum Gasteiger partial charge on any atom is -0.378 e. The van der Waals surface area contributed by atoms with Gasteiger partial charge in [-0.15, -0.1) is 11.3 Å². The van der Waals surface area contributed by atoms with E-state index in [4.69, 9.17) is 4.74 Å². The van der Waals surface area contributed by atoms with Gasteiger partial charge in [-0.25, -0.2) is 4.98 Å². The molecule has 1 fully saturated rings. The molecule has 134 valence electrons. The summed E-state index contributed by atoms with van der Waals surface area (Å²) in [5.74, 6) is -2.51. The summed E-state index contributed by atoms with van der Waals surface area (Å²) < 4.78 is 42.6. The molecule has 2 heterocycles. The lowest BCUT2D eigenvalue weighted by molar-refractivity contribution is -0.186. The number of halogens is 3. The fraction of sp³-hybridized carbons (Fsp3) is 0.643. The number of nitrogens with zero attached hydrogens (tertiary/aromatic N) is 2. The number of hydrogen-bond donors (Lipinski definition) is 1. The van der Waals surface area contributed by atoms with E-state index in [1.54, 1.807) is 7.11 Å². The quantitative estimate of drug-likeness (QED) is 0.829.